The van der Waals surface area contributed by atoms with E-state index in [1.54, 1.807) is 42.3 Å². The number of nitrogens with zero attached hydrogens (tertiary/aromatic N) is 1. The van der Waals surface area contributed by atoms with Gasteiger partial charge in [-0.25, -0.2) is 0 Å². The number of hydrogen-bond acceptors (Lipinski definition) is 2. The molecule has 0 aliphatic carbocycles. The summed E-state index contributed by atoms with van der Waals surface area (Å²) in [5, 5.41) is 9.42. The minimum atomic E-state index is -0.0607. The lowest BCUT2D eigenvalue weighted by atomic mass is 10.1. The fourth-order valence-electron chi connectivity index (χ4n) is 1.96. The molecular weight excluding hydrogens is 274 g/mol. The number of carbonyl (C=O) groups excluding carboxylic acids is 1. The first-order chi connectivity index (χ1) is 9.60. The van der Waals surface area contributed by atoms with Crippen LogP contribution in [0.5, 0.6) is 5.75 Å². The largest absolute Gasteiger partial charge is 0.508 e. The zero-order chi connectivity index (χ0) is 14.5. The topological polar surface area (TPSA) is 40.5 Å². The van der Waals surface area contributed by atoms with Gasteiger partial charge in [-0.3, -0.25) is 4.79 Å². The molecule has 4 heteroatoms. The summed E-state index contributed by atoms with van der Waals surface area (Å²) in [5.41, 5.74) is 2.50. The number of carbonyl (C=O) groups is 1. The Morgan fingerprint density at radius 2 is 1.85 bits per heavy atom. The minimum Gasteiger partial charge on any atom is -0.508 e. The fraction of sp³-hybridized carbons (Fsp3) is 0.188. The van der Waals surface area contributed by atoms with Crippen LogP contribution in [-0.4, -0.2) is 23.0 Å². The predicted molar refractivity (Wildman–Crippen MR) is 79.9 cm³/mol. The first-order valence-electron chi connectivity index (χ1n) is 6.28. The van der Waals surface area contributed by atoms with Crippen molar-refractivity contribution >= 4 is 17.5 Å². The van der Waals surface area contributed by atoms with E-state index in [2.05, 4.69) is 0 Å². The molecule has 104 valence electrons. The third kappa shape index (κ3) is 3.52. The lowest BCUT2D eigenvalue weighted by Crippen LogP contribution is -2.26. The first kappa shape index (κ1) is 14.4. The summed E-state index contributed by atoms with van der Waals surface area (Å²) >= 11 is 5.72. The maximum atomic E-state index is 12.3. The van der Waals surface area contributed by atoms with Gasteiger partial charge in [-0.2, -0.15) is 0 Å². The second kappa shape index (κ2) is 6.44. The van der Waals surface area contributed by atoms with Crippen LogP contribution in [0.4, 0.5) is 0 Å². The van der Waals surface area contributed by atoms with Crippen LogP contribution in [0.2, 0.25) is 0 Å². The lowest BCUT2D eigenvalue weighted by Gasteiger charge is -2.17. The number of phenolic OH excluding ortho intramolecular Hbond substituents is 1. The molecule has 0 aromatic heterocycles. The average Bonchev–Trinajstić information content (AvgIpc) is 2.46. The van der Waals surface area contributed by atoms with Crippen molar-refractivity contribution in [2.75, 3.05) is 7.05 Å². The number of rotatable bonds is 4. The maximum Gasteiger partial charge on any atom is 0.253 e. The van der Waals surface area contributed by atoms with Crippen molar-refractivity contribution in [3.63, 3.8) is 0 Å². The Morgan fingerprint density at radius 1 is 1.15 bits per heavy atom. The van der Waals surface area contributed by atoms with Gasteiger partial charge in [-0.1, -0.05) is 24.3 Å². The molecule has 0 bridgehead atoms. The molecule has 0 aliphatic heterocycles. The highest BCUT2D eigenvalue weighted by Crippen LogP contribution is 2.14. The summed E-state index contributed by atoms with van der Waals surface area (Å²) in [7, 11) is 1.74. The molecule has 20 heavy (non-hydrogen) atoms. The molecule has 0 unspecified atom stereocenters. The smallest absolute Gasteiger partial charge is 0.253 e. The Kier molecular flexibility index (Phi) is 4.64. The third-order valence-corrected chi connectivity index (χ3v) is 3.34. The second-order valence-electron chi connectivity index (χ2n) is 4.66. The number of amides is 1. The Bertz CT molecular complexity index is 596. The van der Waals surface area contributed by atoms with Gasteiger partial charge in [-0.15, -0.1) is 11.6 Å². The maximum absolute atomic E-state index is 12.3. The van der Waals surface area contributed by atoms with Gasteiger partial charge in [0.1, 0.15) is 5.75 Å². The van der Waals surface area contributed by atoms with Crippen molar-refractivity contribution in [2.45, 2.75) is 12.4 Å². The fourth-order valence-corrected chi connectivity index (χ4v) is 2.14. The number of phenols is 1. The summed E-state index contributed by atoms with van der Waals surface area (Å²) in [6.45, 7) is 0.449. The molecule has 0 saturated heterocycles. The van der Waals surface area contributed by atoms with E-state index in [0.717, 1.165) is 11.1 Å². The molecule has 0 spiro atoms. The van der Waals surface area contributed by atoms with Gasteiger partial charge < -0.3 is 10.0 Å². The normalized spacial score (nSPS) is 10.3. The highest BCUT2D eigenvalue weighted by molar-refractivity contribution is 6.17. The molecule has 0 radical (unpaired) electrons. The van der Waals surface area contributed by atoms with Gasteiger partial charge in [0, 0.05) is 25.0 Å². The highest BCUT2D eigenvalue weighted by atomic mass is 35.5. The zero-order valence-corrected chi connectivity index (χ0v) is 12.0. The van der Waals surface area contributed by atoms with Crippen molar-refractivity contribution in [3.05, 3.63) is 65.2 Å². The van der Waals surface area contributed by atoms with Gasteiger partial charge in [-0.05, 0) is 35.4 Å². The van der Waals surface area contributed by atoms with E-state index in [0.29, 0.717) is 18.0 Å². The van der Waals surface area contributed by atoms with Gasteiger partial charge in [0.05, 0.1) is 0 Å². The van der Waals surface area contributed by atoms with Crippen LogP contribution in [0.15, 0.2) is 48.5 Å². The summed E-state index contributed by atoms with van der Waals surface area (Å²) in [6.07, 6.45) is 0. The monoisotopic (exact) mass is 289 g/mol. The Balaban J connectivity index is 2.07. The number of halogens is 1. The Hall–Kier alpha value is -2.00. The SMILES string of the molecule is CN(Cc1cccc(O)c1)C(=O)c1ccc(CCl)cc1. The highest BCUT2D eigenvalue weighted by Gasteiger charge is 2.12. The van der Waals surface area contributed by atoms with Crippen LogP contribution >= 0.6 is 11.6 Å². The van der Waals surface area contributed by atoms with Crippen molar-refractivity contribution in [2.24, 2.45) is 0 Å². The molecule has 0 heterocycles. The summed E-state index contributed by atoms with van der Waals surface area (Å²) in [5.74, 6) is 0.581. The average molecular weight is 290 g/mol. The van der Waals surface area contributed by atoms with Crippen molar-refractivity contribution < 1.29 is 9.90 Å². The molecule has 1 N–H and O–H groups in total. The van der Waals surface area contributed by atoms with Crippen molar-refractivity contribution in [1.82, 2.24) is 4.90 Å². The number of hydrogen-bond donors (Lipinski definition) is 1. The first-order valence-corrected chi connectivity index (χ1v) is 6.82. The van der Waals surface area contributed by atoms with Crippen LogP contribution < -0.4 is 0 Å². The molecule has 2 aromatic rings. The number of alkyl halides is 1. The van der Waals surface area contributed by atoms with Crippen LogP contribution in [-0.2, 0) is 12.4 Å². The quantitative estimate of drug-likeness (QED) is 0.876. The summed E-state index contributed by atoms with van der Waals surface area (Å²) in [6, 6.07) is 14.2. The molecule has 2 aromatic carbocycles. The van der Waals surface area contributed by atoms with Crippen LogP contribution in [0.3, 0.4) is 0 Å². The molecule has 0 aliphatic rings. The lowest BCUT2D eigenvalue weighted by molar-refractivity contribution is 0.0785. The molecular formula is C16H16ClNO2. The number of aromatic hydroxyl groups is 1. The van der Waals surface area contributed by atoms with Crippen LogP contribution in [0, 0.1) is 0 Å². The van der Waals surface area contributed by atoms with Gasteiger partial charge in [0.2, 0.25) is 0 Å². The van der Waals surface area contributed by atoms with E-state index in [1.807, 2.05) is 18.2 Å². The summed E-state index contributed by atoms with van der Waals surface area (Å²) in [4.78, 5) is 13.9. The van der Waals surface area contributed by atoms with Crippen molar-refractivity contribution in [3.8, 4) is 5.75 Å². The van der Waals surface area contributed by atoms with E-state index < -0.39 is 0 Å². The molecule has 0 fully saturated rings. The molecule has 0 saturated carbocycles. The standard InChI is InChI=1S/C16H16ClNO2/c1-18(11-13-3-2-4-15(19)9-13)16(20)14-7-5-12(10-17)6-8-14/h2-9,19H,10-11H2,1H3. The van der Waals surface area contributed by atoms with Gasteiger partial charge >= 0.3 is 0 Å². The van der Waals surface area contributed by atoms with Crippen LogP contribution in [0.25, 0.3) is 0 Å². The Morgan fingerprint density at radius 3 is 2.45 bits per heavy atom. The molecule has 0 atom stereocenters. The van der Waals surface area contributed by atoms with E-state index in [9.17, 15) is 9.90 Å². The summed E-state index contributed by atoms with van der Waals surface area (Å²) < 4.78 is 0. The second-order valence-corrected chi connectivity index (χ2v) is 4.93. The molecule has 1 amide bonds. The molecule has 3 nitrogen and oxygen atoms in total. The third-order valence-electron chi connectivity index (χ3n) is 3.03. The minimum absolute atomic E-state index is 0.0607. The van der Waals surface area contributed by atoms with E-state index in [4.69, 9.17) is 11.6 Å². The molecule has 2 rings (SSSR count). The van der Waals surface area contributed by atoms with E-state index >= 15 is 0 Å². The van der Waals surface area contributed by atoms with Gasteiger partial charge in [0.15, 0.2) is 0 Å². The van der Waals surface area contributed by atoms with E-state index in [1.165, 1.54) is 0 Å². The number of benzene rings is 2. The van der Waals surface area contributed by atoms with E-state index in [-0.39, 0.29) is 11.7 Å². The van der Waals surface area contributed by atoms with Gasteiger partial charge in [0.25, 0.3) is 5.91 Å². The predicted octanol–water partition coefficient (Wildman–Crippen LogP) is 3.40. The zero-order valence-electron chi connectivity index (χ0n) is 11.2. The van der Waals surface area contributed by atoms with Crippen molar-refractivity contribution in [1.29, 1.82) is 0 Å². The van der Waals surface area contributed by atoms with Crippen LogP contribution in [0.1, 0.15) is 21.5 Å². The Labute approximate surface area is 123 Å².